The fraction of sp³-hybridized carbons (Fsp3) is 0.235. The predicted octanol–water partition coefficient (Wildman–Crippen LogP) is 3.22. The highest BCUT2D eigenvalue weighted by atomic mass is 35.5. The van der Waals surface area contributed by atoms with Gasteiger partial charge in [-0.25, -0.2) is 9.78 Å². The average Bonchev–Trinajstić information content (AvgIpc) is 2.97. The summed E-state index contributed by atoms with van der Waals surface area (Å²) in [4.78, 5) is 27.3. The van der Waals surface area contributed by atoms with Gasteiger partial charge in [-0.05, 0) is 35.7 Å². The molecule has 1 saturated heterocycles. The van der Waals surface area contributed by atoms with Crippen LogP contribution in [0.3, 0.4) is 0 Å². The number of cyclic esters (lactones) is 1. The first-order chi connectivity index (χ1) is 12.0. The van der Waals surface area contributed by atoms with Crippen molar-refractivity contribution in [3.05, 3.63) is 57.7 Å². The van der Waals surface area contributed by atoms with E-state index in [9.17, 15) is 9.59 Å². The largest absolute Gasteiger partial charge is 0.447 e. The topological polar surface area (TPSA) is 80.3 Å². The van der Waals surface area contributed by atoms with Gasteiger partial charge >= 0.3 is 6.09 Å². The monoisotopic (exact) mass is 379 g/mol. The molecule has 3 rings (SSSR count). The molecule has 2 amide bonds. The Morgan fingerprint density at radius 2 is 2.08 bits per heavy atom. The number of alkyl carbamates (subject to hydrolysis) is 1. The Labute approximate surface area is 154 Å². The van der Waals surface area contributed by atoms with Gasteiger partial charge in [-0.3, -0.25) is 4.79 Å². The molecule has 1 aromatic heterocycles. The molecule has 1 atom stereocenters. The molecule has 2 aromatic rings. The van der Waals surface area contributed by atoms with E-state index in [-0.39, 0.29) is 18.4 Å². The summed E-state index contributed by atoms with van der Waals surface area (Å²) in [5.41, 5.74) is 1.62. The number of nitrogens with zero attached hydrogens (tertiary/aromatic N) is 1. The predicted molar refractivity (Wildman–Crippen MR) is 95.0 cm³/mol. The Hall–Kier alpha value is -2.31. The second-order valence-electron chi connectivity index (χ2n) is 5.66. The van der Waals surface area contributed by atoms with E-state index < -0.39 is 6.09 Å². The molecule has 1 aliphatic heterocycles. The number of aromatic nitrogens is 1. The number of carbonyl (C=O) groups is 2. The standard InChI is InChI=1S/C17H15Cl2N3O3/c18-12-3-1-10(2-4-12)5-16(23)22-15-7-14(19)11(8-20-15)6-13-9-25-17(24)21-13/h1-4,7-8,13H,5-6,9H2,(H,21,24)(H,20,22,23)/t13-/m0/s1. The van der Waals surface area contributed by atoms with Gasteiger partial charge in [0.2, 0.25) is 5.91 Å². The van der Waals surface area contributed by atoms with Crippen LogP contribution < -0.4 is 10.6 Å². The average molecular weight is 380 g/mol. The van der Waals surface area contributed by atoms with Crippen LogP contribution >= 0.6 is 23.2 Å². The van der Waals surface area contributed by atoms with Gasteiger partial charge in [-0.2, -0.15) is 0 Å². The van der Waals surface area contributed by atoms with Crippen LogP contribution in [0.15, 0.2) is 36.5 Å². The summed E-state index contributed by atoms with van der Waals surface area (Å²) in [5, 5.41) is 6.49. The smallest absolute Gasteiger partial charge is 0.407 e. The highest BCUT2D eigenvalue weighted by Gasteiger charge is 2.23. The minimum absolute atomic E-state index is 0.128. The summed E-state index contributed by atoms with van der Waals surface area (Å²) in [6, 6.07) is 8.53. The van der Waals surface area contributed by atoms with Gasteiger partial charge < -0.3 is 15.4 Å². The van der Waals surface area contributed by atoms with Crippen LogP contribution in [-0.2, 0) is 22.4 Å². The van der Waals surface area contributed by atoms with Crippen molar-refractivity contribution in [1.82, 2.24) is 10.3 Å². The summed E-state index contributed by atoms with van der Waals surface area (Å²) in [5.74, 6) is 0.175. The Morgan fingerprint density at radius 3 is 2.72 bits per heavy atom. The van der Waals surface area contributed by atoms with Crippen LogP contribution in [0.25, 0.3) is 0 Å². The minimum Gasteiger partial charge on any atom is -0.447 e. The second-order valence-corrected chi connectivity index (χ2v) is 6.50. The van der Waals surface area contributed by atoms with Crippen molar-refractivity contribution < 1.29 is 14.3 Å². The number of anilines is 1. The Morgan fingerprint density at radius 1 is 1.32 bits per heavy atom. The third-order valence-corrected chi connectivity index (χ3v) is 4.28. The fourth-order valence-electron chi connectivity index (χ4n) is 2.45. The van der Waals surface area contributed by atoms with Crippen LogP contribution in [0, 0.1) is 0 Å². The lowest BCUT2D eigenvalue weighted by molar-refractivity contribution is -0.115. The number of hydrogen-bond acceptors (Lipinski definition) is 4. The van der Waals surface area contributed by atoms with Crippen LogP contribution in [0.1, 0.15) is 11.1 Å². The molecule has 0 spiro atoms. The van der Waals surface area contributed by atoms with Gasteiger partial charge in [-0.1, -0.05) is 35.3 Å². The second kappa shape index (κ2) is 7.72. The molecule has 8 heteroatoms. The molecule has 6 nitrogen and oxygen atoms in total. The molecule has 0 unspecified atom stereocenters. The number of rotatable bonds is 5. The first-order valence-electron chi connectivity index (χ1n) is 7.61. The van der Waals surface area contributed by atoms with E-state index >= 15 is 0 Å². The fourth-order valence-corrected chi connectivity index (χ4v) is 2.81. The molecule has 1 fully saturated rings. The molecule has 0 radical (unpaired) electrons. The maximum Gasteiger partial charge on any atom is 0.407 e. The number of hydrogen-bond donors (Lipinski definition) is 2. The van der Waals surface area contributed by atoms with Crippen LogP contribution in [-0.4, -0.2) is 29.6 Å². The highest BCUT2D eigenvalue weighted by Crippen LogP contribution is 2.21. The van der Waals surface area contributed by atoms with E-state index in [0.717, 1.165) is 11.1 Å². The van der Waals surface area contributed by atoms with E-state index in [1.807, 2.05) is 0 Å². The zero-order valence-corrected chi connectivity index (χ0v) is 14.6. The summed E-state index contributed by atoms with van der Waals surface area (Å²) < 4.78 is 4.84. The van der Waals surface area contributed by atoms with Crippen molar-refractivity contribution >= 4 is 41.0 Å². The maximum atomic E-state index is 12.1. The first-order valence-corrected chi connectivity index (χ1v) is 8.37. The molecule has 0 bridgehead atoms. The lowest BCUT2D eigenvalue weighted by Gasteiger charge is -2.10. The van der Waals surface area contributed by atoms with Crippen molar-refractivity contribution in [2.45, 2.75) is 18.9 Å². The third kappa shape index (κ3) is 4.84. The van der Waals surface area contributed by atoms with E-state index in [1.165, 1.54) is 0 Å². The summed E-state index contributed by atoms with van der Waals surface area (Å²) in [7, 11) is 0. The molecule has 0 aliphatic carbocycles. The van der Waals surface area contributed by atoms with Crippen molar-refractivity contribution in [2.24, 2.45) is 0 Å². The number of benzene rings is 1. The zero-order chi connectivity index (χ0) is 17.8. The number of halogens is 2. The summed E-state index contributed by atoms with van der Waals surface area (Å²) >= 11 is 12.1. The third-order valence-electron chi connectivity index (χ3n) is 3.68. The molecule has 1 aromatic carbocycles. The van der Waals surface area contributed by atoms with E-state index in [0.29, 0.717) is 28.9 Å². The van der Waals surface area contributed by atoms with Gasteiger partial charge in [-0.15, -0.1) is 0 Å². The summed E-state index contributed by atoms with van der Waals surface area (Å²) in [6.45, 7) is 0.300. The van der Waals surface area contributed by atoms with Crippen molar-refractivity contribution in [3.8, 4) is 0 Å². The maximum absolute atomic E-state index is 12.1. The summed E-state index contributed by atoms with van der Waals surface area (Å²) in [6.07, 6.45) is 1.88. The van der Waals surface area contributed by atoms with Gasteiger partial charge in [0.15, 0.2) is 0 Å². The minimum atomic E-state index is -0.430. The van der Waals surface area contributed by atoms with Gasteiger partial charge in [0.1, 0.15) is 12.4 Å². The quantitative estimate of drug-likeness (QED) is 0.835. The molecule has 1 aliphatic rings. The van der Waals surface area contributed by atoms with Gasteiger partial charge in [0.05, 0.1) is 12.5 Å². The first kappa shape index (κ1) is 17.5. The Bertz CT molecular complexity index is 796. The number of pyridine rings is 1. The number of nitrogens with one attached hydrogen (secondary N) is 2. The molecular weight excluding hydrogens is 365 g/mol. The van der Waals surface area contributed by atoms with Crippen LogP contribution in [0.4, 0.5) is 10.6 Å². The van der Waals surface area contributed by atoms with Crippen LogP contribution in [0.5, 0.6) is 0 Å². The molecule has 0 saturated carbocycles. The number of amides is 2. The van der Waals surface area contributed by atoms with E-state index in [2.05, 4.69) is 15.6 Å². The Kier molecular flexibility index (Phi) is 5.40. The lowest BCUT2D eigenvalue weighted by Crippen LogP contribution is -2.28. The Balaban J connectivity index is 1.59. The van der Waals surface area contributed by atoms with E-state index in [1.54, 1.807) is 36.5 Å². The zero-order valence-electron chi connectivity index (χ0n) is 13.1. The molecule has 130 valence electrons. The van der Waals surface area contributed by atoms with Crippen molar-refractivity contribution in [3.63, 3.8) is 0 Å². The molecule has 25 heavy (non-hydrogen) atoms. The van der Waals surface area contributed by atoms with Crippen molar-refractivity contribution in [2.75, 3.05) is 11.9 Å². The molecular formula is C17H15Cl2N3O3. The normalized spacial score (nSPS) is 16.2. The SMILES string of the molecule is O=C(Cc1ccc(Cl)cc1)Nc1cc(Cl)c(C[C@H]2COC(=O)N2)cn1. The molecule has 2 heterocycles. The van der Waals surface area contributed by atoms with Gasteiger partial charge in [0.25, 0.3) is 0 Å². The van der Waals surface area contributed by atoms with E-state index in [4.69, 9.17) is 27.9 Å². The van der Waals surface area contributed by atoms with Crippen molar-refractivity contribution in [1.29, 1.82) is 0 Å². The molecule has 2 N–H and O–H groups in total. The highest BCUT2D eigenvalue weighted by molar-refractivity contribution is 6.31. The number of ether oxygens (including phenoxy) is 1. The van der Waals surface area contributed by atoms with Gasteiger partial charge in [0, 0.05) is 16.2 Å². The van der Waals surface area contributed by atoms with Crippen LogP contribution in [0.2, 0.25) is 10.0 Å². The lowest BCUT2D eigenvalue weighted by atomic mass is 10.1. The number of carbonyl (C=O) groups excluding carboxylic acids is 2.